The van der Waals surface area contributed by atoms with E-state index in [4.69, 9.17) is 15.2 Å². The maximum Gasteiger partial charge on any atom is 0.114 e. The molecule has 0 radical (unpaired) electrons. The molecule has 1 unspecified atom stereocenters. The van der Waals surface area contributed by atoms with Gasteiger partial charge in [-0.3, -0.25) is 0 Å². The molecule has 1 aliphatic heterocycles. The Labute approximate surface area is 97.6 Å². The molecule has 0 amide bonds. The summed E-state index contributed by atoms with van der Waals surface area (Å²) >= 11 is 0. The minimum absolute atomic E-state index is 0.248. The lowest BCUT2D eigenvalue weighted by molar-refractivity contribution is -0.0255. The van der Waals surface area contributed by atoms with Crippen molar-refractivity contribution in [3.63, 3.8) is 0 Å². The lowest BCUT2D eigenvalue weighted by Crippen LogP contribution is -2.23. The number of rotatable bonds is 5. The van der Waals surface area contributed by atoms with Gasteiger partial charge < -0.3 is 15.2 Å². The Bertz CT molecular complexity index is 276. The quantitative estimate of drug-likeness (QED) is 0.575. The summed E-state index contributed by atoms with van der Waals surface area (Å²) in [7, 11) is 0. The van der Waals surface area contributed by atoms with Crippen molar-refractivity contribution in [1.82, 2.24) is 0 Å². The molecule has 0 aromatic carbocycles. The molecule has 90 valence electrons. The first-order valence-electron chi connectivity index (χ1n) is 5.73. The summed E-state index contributed by atoms with van der Waals surface area (Å²) in [5, 5.41) is 0. The molecule has 0 aromatic heterocycles. The molecule has 16 heavy (non-hydrogen) atoms. The molecule has 0 bridgehead atoms. The lowest BCUT2D eigenvalue weighted by Gasteiger charge is -2.22. The van der Waals surface area contributed by atoms with Crippen LogP contribution in [0.3, 0.4) is 0 Å². The van der Waals surface area contributed by atoms with Crippen LogP contribution >= 0.6 is 0 Å². The summed E-state index contributed by atoms with van der Waals surface area (Å²) < 4.78 is 11.1. The van der Waals surface area contributed by atoms with E-state index in [1.54, 1.807) is 12.2 Å². The SMILES string of the molecule is C=C/C(N)=C\C=C(/C)OCC1CCCCO1. The zero-order valence-corrected chi connectivity index (χ0v) is 9.95. The maximum atomic E-state index is 5.58. The monoisotopic (exact) mass is 223 g/mol. The average Bonchev–Trinajstić information content (AvgIpc) is 2.34. The Kier molecular flexibility index (Phi) is 5.72. The lowest BCUT2D eigenvalue weighted by atomic mass is 10.1. The molecule has 0 aromatic rings. The third-order valence-electron chi connectivity index (χ3n) is 2.52. The molecule has 0 spiro atoms. The first-order chi connectivity index (χ1) is 7.72. The molecule has 1 rings (SSSR count). The highest BCUT2D eigenvalue weighted by atomic mass is 16.5. The Morgan fingerprint density at radius 2 is 2.31 bits per heavy atom. The predicted molar refractivity (Wildman–Crippen MR) is 65.8 cm³/mol. The molecule has 1 saturated heterocycles. The van der Waals surface area contributed by atoms with Crippen molar-refractivity contribution in [2.45, 2.75) is 32.3 Å². The van der Waals surface area contributed by atoms with Gasteiger partial charge in [0.25, 0.3) is 0 Å². The van der Waals surface area contributed by atoms with Gasteiger partial charge >= 0.3 is 0 Å². The van der Waals surface area contributed by atoms with Crippen LogP contribution in [0.4, 0.5) is 0 Å². The van der Waals surface area contributed by atoms with E-state index in [2.05, 4.69) is 6.58 Å². The van der Waals surface area contributed by atoms with Gasteiger partial charge in [0.2, 0.25) is 0 Å². The van der Waals surface area contributed by atoms with Crippen molar-refractivity contribution >= 4 is 0 Å². The van der Waals surface area contributed by atoms with Crippen LogP contribution in [0, 0.1) is 0 Å². The van der Waals surface area contributed by atoms with Gasteiger partial charge in [-0.1, -0.05) is 6.58 Å². The Morgan fingerprint density at radius 1 is 1.50 bits per heavy atom. The van der Waals surface area contributed by atoms with Crippen LogP contribution in [-0.2, 0) is 9.47 Å². The van der Waals surface area contributed by atoms with Gasteiger partial charge in [0.1, 0.15) is 6.61 Å². The van der Waals surface area contributed by atoms with Crippen LogP contribution in [-0.4, -0.2) is 19.3 Å². The fourth-order valence-electron chi connectivity index (χ4n) is 1.49. The Hall–Kier alpha value is -1.22. The Morgan fingerprint density at radius 3 is 2.94 bits per heavy atom. The highest BCUT2D eigenvalue weighted by Crippen LogP contribution is 2.13. The van der Waals surface area contributed by atoms with Crippen LogP contribution in [0.2, 0.25) is 0 Å². The van der Waals surface area contributed by atoms with Crippen molar-refractivity contribution in [2.24, 2.45) is 5.73 Å². The molecular weight excluding hydrogens is 202 g/mol. The van der Waals surface area contributed by atoms with E-state index in [-0.39, 0.29) is 6.10 Å². The number of allylic oxidation sites excluding steroid dienone is 4. The molecule has 1 aliphatic rings. The van der Waals surface area contributed by atoms with Gasteiger partial charge in [-0.15, -0.1) is 0 Å². The Balaban J connectivity index is 2.28. The summed E-state index contributed by atoms with van der Waals surface area (Å²) in [5.74, 6) is 0.846. The standard InChI is InChI=1S/C13H21NO2/c1-3-12(14)8-7-11(2)16-10-13-6-4-5-9-15-13/h3,7-8,13H,1,4-6,9-10,14H2,2H3/b11-7+,12-8+. The van der Waals surface area contributed by atoms with Crippen molar-refractivity contribution in [3.8, 4) is 0 Å². The summed E-state index contributed by atoms with van der Waals surface area (Å²) in [6.07, 6.45) is 8.98. The van der Waals surface area contributed by atoms with Crippen LogP contribution in [0.25, 0.3) is 0 Å². The van der Waals surface area contributed by atoms with Crippen molar-refractivity contribution < 1.29 is 9.47 Å². The molecular formula is C13H21NO2. The minimum Gasteiger partial charge on any atom is -0.496 e. The van der Waals surface area contributed by atoms with Gasteiger partial charge in [0.05, 0.1) is 11.9 Å². The molecule has 0 aliphatic carbocycles. The summed E-state index contributed by atoms with van der Waals surface area (Å²) in [5.41, 5.74) is 6.21. The zero-order chi connectivity index (χ0) is 11.8. The van der Waals surface area contributed by atoms with Gasteiger partial charge in [0.15, 0.2) is 0 Å². The first kappa shape index (κ1) is 12.8. The van der Waals surface area contributed by atoms with E-state index in [9.17, 15) is 0 Å². The second-order valence-electron chi connectivity index (χ2n) is 3.95. The third kappa shape index (κ3) is 5.03. The number of nitrogens with two attached hydrogens (primary N) is 1. The van der Waals surface area contributed by atoms with Gasteiger partial charge in [-0.05, 0) is 44.4 Å². The molecule has 3 nitrogen and oxygen atoms in total. The minimum atomic E-state index is 0.248. The smallest absolute Gasteiger partial charge is 0.114 e. The molecule has 2 N–H and O–H groups in total. The zero-order valence-electron chi connectivity index (χ0n) is 9.95. The molecule has 1 heterocycles. The second kappa shape index (κ2) is 7.12. The largest absolute Gasteiger partial charge is 0.496 e. The summed E-state index contributed by atoms with van der Waals surface area (Å²) in [4.78, 5) is 0. The van der Waals surface area contributed by atoms with E-state index in [0.29, 0.717) is 12.3 Å². The topological polar surface area (TPSA) is 44.5 Å². The van der Waals surface area contributed by atoms with E-state index < -0.39 is 0 Å². The highest BCUT2D eigenvalue weighted by molar-refractivity contribution is 5.19. The maximum absolute atomic E-state index is 5.58. The van der Waals surface area contributed by atoms with E-state index in [1.807, 2.05) is 13.0 Å². The third-order valence-corrected chi connectivity index (χ3v) is 2.52. The van der Waals surface area contributed by atoms with Gasteiger partial charge in [0, 0.05) is 12.3 Å². The van der Waals surface area contributed by atoms with Crippen LogP contribution in [0.5, 0.6) is 0 Å². The summed E-state index contributed by atoms with van der Waals surface area (Å²) in [6, 6.07) is 0. The molecule has 3 heteroatoms. The molecule has 1 atom stereocenters. The van der Waals surface area contributed by atoms with E-state index in [1.165, 1.54) is 12.8 Å². The highest BCUT2D eigenvalue weighted by Gasteiger charge is 2.13. The van der Waals surface area contributed by atoms with Crippen LogP contribution in [0.1, 0.15) is 26.2 Å². The molecule has 0 saturated carbocycles. The van der Waals surface area contributed by atoms with E-state index >= 15 is 0 Å². The van der Waals surface area contributed by atoms with E-state index in [0.717, 1.165) is 18.8 Å². The van der Waals surface area contributed by atoms with Gasteiger partial charge in [-0.25, -0.2) is 0 Å². The normalized spacial score (nSPS) is 22.9. The van der Waals surface area contributed by atoms with Crippen LogP contribution in [0.15, 0.2) is 36.3 Å². The number of hydrogen-bond donors (Lipinski definition) is 1. The van der Waals surface area contributed by atoms with Gasteiger partial charge in [-0.2, -0.15) is 0 Å². The number of hydrogen-bond acceptors (Lipinski definition) is 3. The molecule has 1 fully saturated rings. The number of ether oxygens (including phenoxy) is 2. The second-order valence-corrected chi connectivity index (χ2v) is 3.95. The average molecular weight is 223 g/mol. The van der Waals surface area contributed by atoms with Crippen molar-refractivity contribution in [2.75, 3.05) is 13.2 Å². The fourth-order valence-corrected chi connectivity index (χ4v) is 1.49. The van der Waals surface area contributed by atoms with Crippen molar-refractivity contribution in [1.29, 1.82) is 0 Å². The van der Waals surface area contributed by atoms with Crippen molar-refractivity contribution in [3.05, 3.63) is 36.3 Å². The fraction of sp³-hybridized carbons (Fsp3) is 0.538. The summed E-state index contributed by atoms with van der Waals surface area (Å²) in [6.45, 7) is 6.98. The first-order valence-corrected chi connectivity index (χ1v) is 5.73. The van der Waals surface area contributed by atoms with Crippen LogP contribution < -0.4 is 5.73 Å². The predicted octanol–water partition coefficient (Wildman–Crippen LogP) is 2.50.